The molecule has 29 heavy (non-hydrogen) atoms. The maximum Gasteiger partial charge on any atom is 0.287 e. The zero-order chi connectivity index (χ0) is 20.8. The van der Waals surface area contributed by atoms with Crippen LogP contribution in [0.1, 0.15) is 20.9 Å². The van der Waals surface area contributed by atoms with Gasteiger partial charge < -0.3 is 35.2 Å². The van der Waals surface area contributed by atoms with Crippen LogP contribution in [-0.2, 0) is 0 Å². The SMILES string of the molecule is NC(=O)c1ccc(OCCNC(=O)c2cc3cc(OCCO)ccc3o2)cc1O. The summed E-state index contributed by atoms with van der Waals surface area (Å²) in [6.07, 6.45) is 0. The molecule has 0 aliphatic carbocycles. The zero-order valence-electron chi connectivity index (χ0n) is 15.4. The highest BCUT2D eigenvalue weighted by Gasteiger charge is 2.13. The van der Waals surface area contributed by atoms with Crippen LogP contribution in [0.25, 0.3) is 11.0 Å². The van der Waals surface area contributed by atoms with Crippen molar-refractivity contribution in [2.24, 2.45) is 5.73 Å². The molecule has 0 aliphatic rings. The maximum absolute atomic E-state index is 12.2. The molecule has 9 heteroatoms. The minimum atomic E-state index is -0.737. The fourth-order valence-electron chi connectivity index (χ4n) is 2.62. The number of carbonyl (C=O) groups is 2. The second-order valence-corrected chi connectivity index (χ2v) is 6.03. The molecule has 1 aromatic heterocycles. The van der Waals surface area contributed by atoms with Gasteiger partial charge in [-0.3, -0.25) is 9.59 Å². The standard InChI is InChI=1S/C20H20N2O7/c21-19(25)15-3-1-14(11-16(15)24)27-7-5-22-20(26)18-10-12-9-13(28-8-6-23)2-4-17(12)29-18/h1-4,9-11,23-24H,5-8H2,(H2,21,25)(H,22,26). The number of amides is 2. The number of fused-ring (bicyclic) bond motifs is 1. The van der Waals surface area contributed by atoms with Gasteiger partial charge in [0.15, 0.2) is 5.76 Å². The van der Waals surface area contributed by atoms with E-state index in [-0.39, 0.29) is 43.4 Å². The summed E-state index contributed by atoms with van der Waals surface area (Å²) in [5, 5.41) is 21.9. The van der Waals surface area contributed by atoms with Crippen LogP contribution in [0.2, 0.25) is 0 Å². The van der Waals surface area contributed by atoms with Gasteiger partial charge in [0.25, 0.3) is 11.8 Å². The number of carbonyl (C=O) groups excluding carboxylic acids is 2. The predicted molar refractivity (Wildman–Crippen MR) is 103 cm³/mol. The Kier molecular flexibility index (Phi) is 6.20. The molecule has 0 unspecified atom stereocenters. The number of primary amides is 1. The summed E-state index contributed by atoms with van der Waals surface area (Å²) in [6, 6.07) is 10.8. The lowest BCUT2D eigenvalue weighted by Gasteiger charge is -2.08. The summed E-state index contributed by atoms with van der Waals surface area (Å²) in [6.45, 7) is 0.424. The third-order valence-corrected chi connectivity index (χ3v) is 3.96. The number of phenols is 1. The Hall–Kier alpha value is -3.72. The number of aliphatic hydroxyl groups is 1. The van der Waals surface area contributed by atoms with Crippen molar-refractivity contribution in [2.45, 2.75) is 0 Å². The fraction of sp³-hybridized carbons (Fsp3) is 0.200. The predicted octanol–water partition coefficient (Wildman–Crippen LogP) is 1.42. The molecular weight excluding hydrogens is 380 g/mol. The van der Waals surface area contributed by atoms with Gasteiger partial charge in [0.05, 0.1) is 18.7 Å². The van der Waals surface area contributed by atoms with Crippen molar-refractivity contribution in [1.82, 2.24) is 5.32 Å². The van der Waals surface area contributed by atoms with E-state index in [2.05, 4.69) is 5.32 Å². The molecule has 0 atom stereocenters. The molecule has 0 fully saturated rings. The van der Waals surface area contributed by atoms with Gasteiger partial charge in [-0.2, -0.15) is 0 Å². The van der Waals surface area contributed by atoms with Crippen molar-refractivity contribution in [1.29, 1.82) is 0 Å². The molecule has 9 nitrogen and oxygen atoms in total. The van der Waals surface area contributed by atoms with E-state index in [4.69, 9.17) is 24.7 Å². The summed E-state index contributed by atoms with van der Waals surface area (Å²) in [5.74, 6) is -0.376. The Morgan fingerprint density at radius 2 is 1.76 bits per heavy atom. The Balaban J connectivity index is 1.53. The van der Waals surface area contributed by atoms with E-state index in [9.17, 15) is 14.7 Å². The van der Waals surface area contributed by atoms with Crippen LogP contribution in [0.15, 0.2) is 46.9 Å². The van der Waals surface area contributed by atoms with Gasteiger partial charge >= 0.3 is 0 Å². The number of hydrogen-bond acceptors (Lipinski definition) is 7. The Labute approximate surface area is 165 Å². The van der Waals surface area contributed by atoms with E-state index in [0.29, 0.717) is 22.5 Å². The molecule has 3 aromatic rings. The van der Waals surface area contributed by atoms with Gasteiger partial charge in [-0.15, -0.1) is 0 Å². The Bertz CT molecular complexity index is 1030. The van der Waals surface area contributed by atoms with Crippen LogP contribution in [0.3, 0.4) is 0 Å². The molecule has 0 saturated carbocycles. The summed E-state index contributed by atoms with van der Waals surface area (Å²) < 4.78 is 16.3. The van der Waals surface area contributed by atoms with E-state index in [1.54, 1.807) is 24.3 Å². The van der Waals surface area contributed by atoms with Gasteiger partial charge in [-0.1, -0.05) is 0 Å². The molecule has 0 radical (unpaired) electrons. The van der Waals surface area contributed by atoms with Crippen molar-refractivity contribution in [3.05, 3.63) is 53.8 Å². The van der Waals surface area contributed by atoms with E-state index in [1.807, 2.05) is 0 Å². The first-order valence-corrected chi connectivity index (χ1v) is 8.79. The number of hydrogen-bond donors (Lipinski definition) is 4. The third kappa shape index (κ3) is 4.96. The average Bonchev–Trinajstić information content (AvgIpc) is 3.12. The number of benzene rings is 2. The van der Waals surface area contributed by atoms with Crippen LogP contribution in [0.5, 0.6) is 17.2 Å². The van der Waals surface area contributed by atoms with E-state index in [0.717, 1.165) is 0 Å². The van der Waals surface area contributed by atoms with Crippen LogP contribution in [0, 0.1) is 0 Å². The number of ether oxygens (including phenoxy) is 2. The minimum Gasteiger partial charge on any atom is -0.507 e. The van der Waals surface area contributed by atoms with Crippen molar-refractivity contribution in [2.75, 3.05) is 26.4 Å². The highest BCUT2D eigenvalue weighted by Crippen LogP contribution is 2.25. The lowest BCUT2D eigenvalue weighted by Crippen LogP contribution is -2.27. The lowest BCUT2D eigenvalue weighted by atomic mass is 10.2. The van der Waals surface area contributed by atoms with E-state index in [1.165, 1.54) is 18.2 Å². The van der Waals surface area contributed by atoms with Gasteiger partial charge in [0.1, 0.15) is 36.0 Å². The molecule has 0 aliphatic heterocycles. The van der Waals surface area contributed by atoms with Crippen LogP contribution >= 0.6 is 0 Å². The first-order valence-electron chi connectivity index (χ1n) is 8.79. The van der Waals surface area contributed by atoms with Gasteiger partial charge in [-0.25, -0.2) is 0 Å². The first-order chi connectivity index (χ1) is 14.0. The molecule has 0 spiro atoms. The highest BCUT2D eigenvalue weighted by molar-refractivity contribution is 5.96. The van der Waals surface area contributed by atoms with Crippen molar-refractivity contribution in [3.8, 4) is 17.2 Å². The second-order valence-electron chi connectivity index (χ2n) is 6.03. The number of aliphatic hydroxyl groups excluding tert-OH is 1. The molecular formula is C20H20N2O7. The summed E-state index contributed by atoms with van der Waals surface area (Å²) in [7, 11) is 0. The quantitative estimate of drug-likeness (QED) is 0.398. The van der Waals surface area contributed by atoms with E-state index >= 15 is 0 Å². The largest absolute Gasteiger partial charge is 0.507 e. The summed E-state index contributed by atoms with van der Waals surface area (Å²) in [4.78, 5) is 23.3. The first kappa shape index (κ1) is 20.0. The molecule has 3 rings (SSSR count). The number of furan rings is 1. The van der Waals surface area contributed by atoms with Gasteiger partial charge in [0.2, 0.25) is 0 Å². The molecule has 2 aromatic carbocycles. The zero-order valence-corrected chi connectivity index (χ0v) is 15.4. The molecule has 5 N–H and O–H groups in total. The normalized spacial score (nSPS) is 10.7. The fourth-order valence-corrected chi connectivity index (χ4v) is 2.62. The molecule has 0 bridgehead atoms. The molecule has 0 saturated heterocycles. The topological polar surface area (TPSA) is 144 Å². The average molecular weight is 400 g/mol. The lowest BCUT2D eigenvalue weighted by molar-refractivity contribution is 0.0920. The minimum absolute atomic E-state index is 0.000423. The van der Waals surface area contributed by atoms with E-state index < -0.39 is 11.8 Å². The monoisotopic (exact) mass is 400 g/mol. The summed E-state index contributed by atoms with van der Waals surface area (Å²) in [5.41, 5.74) is 5.65. The van der Waals surface area contributed by atoms with Crippen molar-refractivity contribution in [3.63, 3.8) is 0 Å². The van der Waals surface area contributed by atoms with Crippen molar-refractivity contribution < 1.29 is 33.7 Å². The van der Waals surface area contributed by atoms with Crippen LogP contribution < -0.4 is 20.5 Å². The smallest absolute Gasteiger partial charge is 0.287 e. The second kappa shape index (κ2) is 8.98. The number of aromatic hydroxyl groups is 1. The number of rotatable bonds is 9. The van der Waals surface area contributed by atoms with Crippen LogP contribution in [-0.4, -0.2) is 48.4 Å². The molecule has 1 heterocycles. The third-order valence-electron chi connectivity index (χ3n) is 3.96. The molecule has 152 valence electrons. The Morgan fingerprint density at radius 3 is 2.48 bits per heavy atom. The van der Waals surface area contributed by atoms with Gasteiger partial charge in [-0.05, 0) is 36.4 Å². The number of nitrogens with one attached hydrogen (secondary N) is 1. The van der Waals surface area contributed by atoms with Crippen molar-refractivity contribution >= 4 is 22.8 Å². The van der Waals surface area contributed by atoms with Crippen LogP contribution in [0.4, 0.5) is 0 Å². The highest BCUT2D eigenvalue weighted by atomic mass is 16.5. The molecule has 2 amide bonds. The summed E-state index contributed by atoms with van der Waals surface area (Å²) >= 11 is 0. The maximum atomic E-state index is 12.2. The number of nitrogens with two attached hydrogens (primary N) is 1. The van der Waals surface area contributed by atoms with Gasteiger partial charge in [0, 0.05) is 11.5 Å². The Morgan fingerprint density at radius 1 is 1.03 bits per heavy atom.